The molecular weight excluding hydrogens is 474 g/mol. The number of rotatable bonds is 11. The number of urea groups is 1. The number of hydrogen-bond acceptors (Lipinski definition) is 5. The fourth-order valence-electron chi connectivity index (χ4n) is 5.25. The van der Waals surface area contributed by atoms with Crippen molar-refractivity contribution in [1.82, 2.24) is 26.2 Å². The third kappa shape index (κ3) is 7.11. The van der Waals surface area contributed by atoms with Crippen LogP contribution in [0.5, 0.6) is 0 Å². The minimum absolute atomic E-state index is 0.0698. The first-order valence-electron chi connectivity index (χ1n) is 13.2. The lowest BCUT2D eigenvalue weighted by molar-refractivity contribution is -0.144. The molecule has 37 heavy (non-hydrogen) atoms. The number of amides is 5. The Kier molecular flexibility index (Phi) is 9.54. The molecule has 208 valence electrons. The molecule has 5 atom stereocenters. The van der Waals surface area contributed by atoms with Crippen molar-refractivity contribution in [2.24, 2.45) is 23.2 Å². The number of nitrogens with one attached hydrogen (secondary N) is 4. The molecule has 0 spiro atoms. The maximum atomic E-state index is 13.7. The lowest BCUT2D eigenvalue weighted by atomic mass is 9.96. The molecule has 1 saturated carbocycles. The number of carbonyl (C=O) groups excluding carboxylic acids is 5. The predicted molar refractivity (Wildman–Crippen MR) is 141 cm³/mol. The second-order valence-corrected chi connectivity index (χ2v) is 12.2. The van der Waals surface area contributed by atoms with Crippen molar-refractivity contribution in [3.8, 4) is 0 Å². The zero-order valence-corrected chi connectivity index (χ0v) is 23.6. The van der Waals surface area contributed by atoms with Crippen LogP contribution in [0.2, 0.25) is 0 Å². The lowest BCUT2D eigenvalue weighted by Gasteiger charge is -2.35. The van der Waals surface area contributed by atoms with E-state index in [0.29, 0.717) is 19.4 Å². The SMILES string of the molecule is C=CCNC(=O)C(=O)[C@@H](CCC)NC(=O)[C@@H]1[C@@H]2C(CN1C(=O)C(NC(=O)NC(C)(C)C)C(C)C)C2(C)C. The van der Waals surface area contributed by atoms with E-state index in [1.165, 1.54) is 6.08 Å². The van der Waals surface area contributed by atoms with E-state index < -0.39 is 47.3 Å². The summed E-state index contributed by atoms with van der Waals surface area (Å²) in [6.07, 6.45) is 2.35. The van der Waals surface area contributed by atoms with Crippen molar-refractivity contribution in [1.29, 1.82) is 0 Å². The van der Waals surface area contributed by atoms with Crippen LogP contribution >= 0.6 is 0 Å². The third-order valence-corrected chi connectivity index (χ3v) is 7.31. The molecule has 2 rings (SSSR count). The standard InChI is InChI=1S/C27H45N5O5/c1-10-12-17(21(33)23(35)28-13-11-2)29-22(34)20-18-16(27(18,8)9)14-32(20)24(36)19(15(3)4)30-25(37)31-26(5,6)7/h11,15-20H,2,10,12-14H2,1,3-9H3,(H,28,35)(H,29,34)(H2,30,31,37)/t16?,17-,18+,19?,20+/m1/s1. The lowest BCUT2D eigenvalue weighted by Crippen LogP contribution is -2.60. The van der Waals surface area contributed by atoms with Gasteiger partial charge in [-0.2, -0.15) is 0 Å². The molecule has 0 aromatic carbocycles. The van der Waals surface area contributed by atoms with Crippen LogP contribution < -0.4 is 21.3 Å². The molecule has 1 heterocycles. The van der Waals surface area contributed by atoms with Crippen LogP contribution in [0.4, 0.5) is 4.79 Å². The summed E-state index contributed by atoms with van der Waals surface area (Å²) in [5, 5.41) is 10.8. The van der Waals surface area contributed by atoms with Crippen molar-refractivity contribution < 1.29 is 24.0 Å². The average molecular weight is 520 g/mol. The van der Waals surface area contributed by atoms with Gasteiger partial charge in [0.05, 0.1) is 6.04 Å². The highest BCUT2D eigenvalue weighted by atomic mass is 16.2. The first kappa shape index (κ1) is 30.3. The number of ketones is 1. The second kappa shape index (κ2) is 11.6. The Hall–Kier alpha value is -2.91. The van der Waals surface area contributed by atoms with Gasteiger partial charge < -0.3 is 26.2 Å². The highest BCUT2D eigenvalue weighted by Gasteiger charge is 2.69. The van der Waals surface area contributed by atoms with Gasteiger partial charge in [0.2, 0.25) is 17.6 Å². The summed E-state index contributed by atoms with van der Waals surface area (Å²) in [6.45, 7) is 19.3. The summed E-state index contributed by atoms with van der Waals surface area (Å²) in [6, 6.07) is -3.05. The molecule has 5 amide bonds. The van der Waals surface area contributed by atoms with E-state index in [1.54, 1.807) is 4.90 Å². The molecule has 10 heteroatoms. The number of Topliss-reactive ketones (excluding diaryl/α,β-unsaturated/α-hetero) is 1. The van der Waals surface area contributed by atoms with Gasteiger partial charge in [-0.1, -0.05) is 47.1 Å². The molecule has 2 aliphatic rings. The number of carbonyl (C=O) groups is 5. The summed E-state index contributed by atoms with van der Waals surface area (Å²) >= 11 is 0. The number of hydrogen-bond donors (Lipinski definition) is 4. The number of likely N-dealkylation sites (tertiary alicyclic amines) is 1. The summed E-state index contributed by atoms with van der Waals surface area (Å²) < 4.78 is 0. The topological polar surface area (TPSA) is 137 Å². The van der Waals surface area contributed by atoms with Crippen LogP contribution in [-0.2, 0) is 19.2 Å². The molecule has 0 radical (unpaired) electrons. The minimum Gasteiger partial charge on any atom is -0.346 e. The van der Waals surface area contributed by atoms with E-state index in [-0.39, 0.29) is 35.6 Å². The first-order chi connectivity index (χ1) is 17.1. The molecule has 1 aliphatic carbocycles. The van der Waals surface area contributed by atoms with Crippen molar-refractivity contribution in [3.05, 3.63) is 12.7 Å². The van der Waals surface area contributed by atoms with Gasteiger partial charge in [0, 0.05) is 18.6 Å². The van der Waals surface area contributed by atoms with E-state index in [2.05, 4.69) is 41.7 Å². The maximum Gasteiger partial charge on any atom is 0.315 e. The smallest absolute Gasteiger partial charge is 0.315 e. The van der Waals surface area contributed by atoms with Crippen molar-refractivity contribution in [2.45, 2.75) is 91.9 Å². The Labute approximate surface area is 220 Å². The molecule has 4 N–H and O–H groups in total. The quantitative estimate of drug-likeness (QED) is 0.244. The normalized spacial score (nSPS) is 23.4. The van der Waals surface area contributed by atoms with E-state index >= 15 is 0 Å². The largest absolute Gasteiger partial charge is 0.346 e. The molecule has 10 nitrogen and oxygen atoms in total. The van der Waals surface area contributed by atoms with Gasteiger partial charge in [0.1, 0.15) is 12.1 Å². The number of nitrogens with zero attached hydrogens (tertiary/aromatic N) is 1. The van der Waals surface area contributed by atoms with Gasteiger partial charge in [0.15, 0.2) is 0 Å². The van der Waals surface area contributed by atoms with E-state index in [4.69, 9.17) is 0 Å². The zero-order valence-electron chi connectivity index (χ0n) is 23.6. The monoisotopic (exact) mass is 519 g/mol. The van der Waals surface area contributed by atoms with Crippen molar-refractivity contribution in [3.63, 3.8) is 0 Å². The zero-order chi connectivity index (χ0) is 28.3. The van der Waals surface area contributed by atoms with Crippen molar-refractivity contribution >= 4 is 29.5 Å². The van der Waals surface area contributed by atoms with E-state index in [0.717, 1.165) is 0 Å². The second-order valence-electron chi connectivity index (χ2n) is 12.2. The Morgan fingerprint density at radius 1 is 1.11 bits per heavy atom. The minimum atomic E-state index is -0.989. The van der Waals surface area contributed by atoms with Crippen LogP contribution in [0, 0.1) is 23.2 Å². The van der Waals surface area contributed by atoms with Gasteiger partial charge in [-0.05, 0) is 50.4 Å². The Morgan fingerprint density at radius 3 is 2.24 bits per heavy atom. The summed E-state index contributed by atoms with van der Waals surface area (Å²) in [5.74, 6) is -2.42. The number of fused-ring (bicyclic) bond motifs is 1. The van der Waals surface area contributed by atoms with Gasteiger partial charge >= 0.3 is 6.03 Å². The van der Waals surface area contributed by atoms with E-state index in [1.807, 2.05) is 41.5 Å². The van der Waals surface area contributed by atoms with Gasteiger partial charge in [0.25, 0.3) is 5.91 Å². The molecule has 2 fully saturated rings. The summed E-state index contributed by atoms with van der Waals surface area (Å²) in [4.78, 5) is 66.5. The fourth-order valence-corrected chi connectivity index (χ4v) is 5.25. The molecule has 2 unspecified atom stereocenters. The molecular formula is C27H45N5O5. The van der Waals surface area contributed by atoms with Gasteiger partial charge in [-0.15, -0.1) is 6.58 Å². The van der Waals surface area contributed by atoms with Crippen LogP contribution in [0.15, 0.2) is 12.7 Å². The molecule has 0 aromatic rings. The Morgan fingerprint density at radius 2 is 1.73 bits per heavy atom. The van der Waals surface area contributed by atoms with E-state index in [9.17, 15) is 24.0 Å². The summed E-state index contributed by atoms with van der Waals surface area (Å²) in [5.41, 5.74) is -0.607. The van der Waals surface area contributed by atoms with Crippen LogP contribution in [0.1, 0.15) is 68.2 Å². The highest BCUT2D eigenvalue weighted by molar-refractivity contribution is 6.38. The summed E-state index contributed by atoms with van der Waals surface area (Å²) in [7, 11) is 0. The van der Waals surface area contributed by atoms with Crippen LogP contribution in [0.3, 0.4) is 0 Å². The number of piperidine rings is 1. The maximum absolute atomic E-state index is 13.7. The van der Waals surface area contributed by atoms with Crippen LogP contribution in [-0.4, -0.2) is 71.2 Å². The van der Waals surface area contributed by atoms with Crippen molar-refractivity contribution in [2.75, 3.05) is 13.1 Å². The molecule has 1 aliphatic heterocycles. The van der Waals surface area contributed by atoms with Crippen LogP contribution in [0.25, 0.3) is 0 Å². The average Bonchev–Trinajstić information content (AvgIpc) is 3.11. The third-order valence-electron chi connectivity index (χ3n) is 7.31. The predicted octanol–water partition coefficient (Wildman–Crippen LogP) is 1.75. The first-order valence-corrected chi connectivity index (χ1v) is 13.2. The Bertz CT molecular complexity index is 923. The Balaban J connectivity index is 2.25. The fraction of sp³-hybridized carbons (Fsp3) is 0.741. The highest BCUT2D eigenvalue weighted by Crippen LogP contribution is 2.64. The molecule has 0 aromatic heterocycles. The molecule has 0 bridgehead atoms. The van der Waals surface area contributed by atoms with Gasteiger partial charge in [-0.25, -0.2) is 4.79 Å². The molecule has 1 saturated heterocycles. The van der Waals surface area contributed by atoms with Gasteiger partial charge in [-0.3, -0.25) is 19.2 Å².